The Morgan fingerprint density at radius 3 is 2.52 bits per heavy atom. The Morgan fingerprint density at radius 1 is 1.25 bits per heavy atom. The van der Waals surface area contributed by atoms with E-state index in [2.05, 4.69) is 29.8 Å². The van der Waals surface area contributed by atoms with Gasteiger partial charge in [-0.2, -0.15) is 0 Å². The third-order valence-electron chi connectivity index (χ3n) is 6.38. The first-order valence-corrected chi connectivity index (χ1v) is 14.2. The van der Waals surface area contributed by atoms with Gasteiger partial charge in [0.05, 0.1) is 20.5 Å². The maximum atomic E-state index is 15.4. The summed E-state index contributed by atoms with van der Waals surface area (Å²) < 4.78 is 58.1. The van der Waals surface area contributed by atoms with Gasteiger partial charge >= 0.3 is 6.09 Å². The Balaban J connectivity index is 1.82. The Hall–Kier alpha value is -3.45. The summed E-state index contributed by atoms with van der Waals surface area (Å²) in [5.41, 5.74) is -2.36. The number of carbonyl (C=O) groups is 1. The number of alkyl halides is 1. The maximum absolute atomic E-state index is 15.4. The van der Waals surface area contributed by atoms with Crippen LogP contribution in [-0.2, 0) is 20.0 Å². The van der Waals surface area contributed by atoms with Gasteiger partial charge in [-0.15, -0.1) is 0 Å². The Bertz CT molecular complexity index is 1590. The number of alkyl carbamates (subject to hydrolysis) is 1. The summed E-state index contributed by atoms with van der Waals surface area (Å²) in [5.74, 6) is -0.881. The molecule has 1 aliphatic rings. The van der Waals surface area contributed by atoms with Crippen molar-refractivity contribution >= 4 is 33.3 Å². The number of rotatable bonds is 4. The van der Waals surface area contributed by atoms with Crippen molar-refractivity contribution in [3.63, 3.8) is 0 Å². The second kappa shape index (κ2) is 10.5. The molecular weight excluding hydrogens is 566 g/mol. The third-order valence-corrected chi connectivity index (χ3v) is 9.82. The maximum Gasteiger partial charge on any atom is 0.413 e. The van der Waals surface area contributed by atoms with Crippen molar-refractivity contribution in [3.05, 3.63) is 53.1 Å². The molecule has 1 aromatic carbocycles. The van der Waals surface area contributed by atoms with Crippen LogP contribution in [0.5, 0.6) is 0 Å². The highest BCUT2D eigenvalue weighted by Gasteiger charge is 2.51. The van der Waals surface area contributed by atoms with E-state index in [0.717, 1.165) is 6.07 Å². The van der Waals surface area contributed by atoms with Crippen molar-refractivity contribution in [1.82, 2.24) is 20.4 Å². The highest BCUT2D eigenvalue weighted by Crippen LogP contribution is 2.41. The fourth-order valence-corrected chi connectivity index (χ4v) is 6.57. The van der Waals surface area contributed by atoms with Crippen LogP contribution in [0.3, 0.4) is 0 Å². The minimum Gasteiger partial charge on any atom is -0.444 e. The van der Waals surface area contributed by atoms with E-state index in [-0.39, 0.29) is 23.0 Å². The van der Waals surface area contributed by atoms with Crippen LogP contribution in [0.4, 0.5) is 13.6 Å². The number of hydrogen-bond acceptors (Lipinski definition) is 9. The lowest BCUT2D eigenvalue weighted by molar-refractivity contribution is 0.0560. The lowest BCUT2D eigenvalue weighted by Gasteiger charge is -2.42. The molecule has 0 unspecified atom stereocenters. The monoisotopic (exact) mass is 594 g/mol. The van der Waals surface area contributed by atoms with Crippen LogP contribution in [0.1, 0.15) is 40.2 Å². The van der Waals surface area contributed by atoms with Crippen molar-refractivity contribution in [1.29, 1.82) is 0 Å². The summed E-state index contributed by atoms with van der Waals surface area (Å²) in [6, 6.07) is 5.44. The van der Waals surface area contributed by atoms with E-state index in [1.165, 1.54) is 37.6 Å². The van der Waals surface area contributed by atoms with Crippen LogP contribution in [0.15, 0.2) is 50.5 Å². The Labute approximate surface area is 235 Å². The molecule has 0 radical (unpaired) electrons. The van der Waals surface area contributed by atoms with E-state index >= 15 is 8.78 Å². The molecule has 0 aliphatic carbocycles. The second-order valence-electron chi connectivity index (χ2n) is 10.7. The summed E-state index contributed by atoms with van der Waals surface area (Å²) >= 11 is 5.84. The standard InChI is InChI=1S/C26H29ClF2N6O4S/c1-24(2,3)38-23(36)33-22-25(4,5)40(37,30-6)14-26(13-28,34-22)17-9-15(7-8-18(17)29)20-10-19(35-39-20)21-31-11-16(27)12-32-21/h7-12H,13-14H2,1-6H3,(H,33,34,36)/t26-,40-/m0/s1. The number of aliphatic imine (C=N–C) groups is 1. The molecule has 1 amide bonds. The molecule has 0 fully saturated rings. The molecular formula is C26H29ClF2N6O4S. The van der Waals surface area contributed by atoms with Gasteiger partial charge < -0.3 is 9.26 Å². The number of nitrogens with zero attached hydrogens (tertiary/aromatic N) is 5. The number of ether oxygens (including phenoxy) is 1. The molecule has 0 spiro atoms. The molecule has 0 saturated heterocycles. The fourth-order valence-electron chi connectivity index (χ4n) is 4.18. The van der Waals surface area contributed by atoms with Crippen molar-refractivity contribution in [2.45, 2.75) is 50.5 Å². The average molecular weight is 595 g/mol. The highest BCUT2D eigenvalue weighted by atomic mass is 35.5. The highest BCUT2D eigenvalue weighted by molar-refractivity contribution is 7.95. The van der Waals surface area contributed by atoms with Crippen molar-refractivity contribution in [3.8, 4) is 22.8 Å². The third kappa shape index (κ3) is 5.57. The number of hydrogen-bond donors (Lipinski definition) is 1. The van der Waals surface area contributed by atoms with Gasteiger partial charge in [0.15, 0.2) is 17.3 Å². The first-order valence-electron chi connectivity index (χ1n) is 12.2. The summed E-state index contributed by atoms with van der Waals surface area (Å²) in [4.78, 5) is 25.3. The van der Waals surface area contributed by atoms with Gasteiger partial charge in [0.1, 0.15) is 34.2 Å². The summed E-state index contributed by atoms with van der Waals surface area (Å²) in [7, 11) is -1.95. The lowest BCUT2D eigenvalue weighted by Crippen LogP contribution is -2.59. The zero-order chi connectivity index (χ0) is 29.5. The number of nitrogens with one attached hydrogen (secondary N) is 1. The molecule has 214 valence electrons. The predicted molar refractivity (Wildman–Crippen MR) is 148 cm³/mol. The van der Waals surface area contributed by atoms with Gasteiger partial charge in [-0.3, -0.25) is 10.3 Å². The number of benzene rings is 1. The van der Waals surface area contributed by atoms with Crippen molar-refractivity contribution in [2.75, 3.05) is 19.5 Å². The van der Waals surface area contributed by atoms with Gasteiger partial charge in [0.25, 0.3) is 0 Å². The molecule has 10 nitrogen and oxygen atoms in total. The average Bonchev–Trinajstić information content (AvgIpc) is 3.37. The summed E-state index contributed by atoms with van der Waals surface area (Å²) in [6.45, 7) is 6.93. The van der Waals surface area contributed by atoms with Crippen LogP contribution >= 0.6 is 11.6 Å². The molecule has 1 N–H and O–H groups in total. The lowest BCUT2D eigenvalue weighted by atomic mass is 9.90. The quantitative estimate of drug-likeness (QED) is 0.417. The minimum absolute atomic E-state index is 0.132. The van der Waals surface area contributed by atoms with Gasteiger partial charge in [-0.1, -0.05) is 16.8 Å². The molecule has 14 heteroatoms. The minimum atomic E-state index is -3.29. The Kier molecular flexibility index (Phi) is 7.76. The zero-order valence-corrected chi connectivity index (χ0v) is 24.4. The number of amides is 1. The van der Waals surface area contributed by atoms with E-state index in [1.54, 1.807) is 34.6 Å². The van der Waals surface area contributed by atoms with Crippen LogP contribution in [0.2, 0.25) is 5.02 Å². The van der Waals surface area contributed by atoms with Crippen molar-refractivity contribution < 1.29 is 27.0 Å². The molecule has 40 heavy (non-hydrogen) atoms. The van der Waals surface area contributed by atoms with E-state index in [4.69, 9.17) is 20.9 Å². The summed E-state index contributed by atoms with van der Waals surface area (Å²) in [6.07, 6.45) is 1.93. The predicted octanol–water partition coefficient (Wildman–Crippen LogP) is 5.57. The fraction of sp³-hybridized carbons (Fsp3) is 0.423. The smallest absolute Gasteiger partial charge is 0.413 e. The van der Waals surface area contributed by atoms with E-state index in [9.17, 15) is 9.00 Å². The first kappa shape index (κ1) is 29.5. The molecule has 3 aromatic rings. The van der Waals surface area contributed by atoms with Crippen LogP contribution in [-0.4, -0.2) is 61.1 Å². The SMILES string of the molecule is CN=[S@]1(=O)C[C@@](CF)(c2cc(-c3cc(-c4ncc(Cl)cn4)no3)ccc2F)N=C(NC(=O)OC(C)(C)C)C1(C)C. The number of carbonyl (C=O) groups excluding carboxylic acids is 1. The molecule has 3 heterocycles. The Morgan fingerprint density at radius 2 is 1.93 bits per heavy atom. The molecule has 1 aliphatic heterocycles. The van der Waals surface area contributed by atoms with Gasteiger partial charge in [0.2, 0.25) is 0 Å². The van der Waals surface area contributed by atoms with Gasteiger partial charge in [-0.05, 0) is 52.8 Å². The molecule has 4 rings (SSSR count). The van der Waals surface area contributed by atoms with Crippen LogP contribution in [0, 0.1) is 5.82 Å². The second-order valence-corrected chi connectivity index (χ2v) is 14.1. The topological polar surface area (TPSA) is 132 Å². The summed E-state index contributed by atoms with van der Waals surface area (Å²) in [5, 5.41) is 6.82. The number of aromatic nitrogens is 3. The zero-order valence-electron chi connectivity index (χ0n) is 22.8. The molecule has 2 aromatic heterocycles. The normalized spacial score (nSPS) is 22.4. The van der Waals surface area contributed by atoms with Crippen LogP contribution < -0.4 is 5.32 Å². The van der Waals surface area contributed by atoms with E-state index in [0.29, 0.717) is 16.3 Å². The van der Waals surface area contributed by atoms with Crippen molar-refractivity contribution in [2.24, 2.45) is 9.36 Å². The van der Waals surface area contributed by atoms with E-state index in [1.807, 2.05) is 0 Å². The molecule has 2 atom stereocenters. The molecule has 0 saturated carbocycles. The van der Waals surface area contributed by atoms with Gasteiger partial charge in [-0.25, -0.2) is 32.1 Å². The molecule has 0 bridgehead atoms. The number of amidine groups is 1. The van der Waals surface area contributed by atoms with Crippen LogP contribution in [0.25, 0.3) is 22.8 Å². The first-order chi connectivity index (χ1) is 18.6. The van der Waals surface area contributed by atoms with E-state index < -0.39 is 50.0 Å². The number of halogens is 3. The largest absolute Gasteiger partial charge is 0.444 e. The van der Waals surface area contributed by atoms with Gasteiger partial charge in [0, 0.05) is 36.6 Å².